The van der Waals surface area contributed by atoms with E-state index < -0.39 is 0 Å². The van der Waals surface area contributed by atoms with Crippen LogP contribution in [0.25, 0.3) is 0 Å². The van der Waals surface area contributed by atoms with E-state index in [0.29, 0.717) is 0 Å². The molecule has 1 aliphatic heterocycles. The van der Waals surface area contributed by atoms with Crippen molar-refractivity contribution in [1.82, 2.24) is 4.98 Å². The molecule has 0 spiro atoms. The number of hydrogen-bond donors (Lipinski definition) is 1. The van der Waals surface area contributed by atoms with Gasteiger partial charge in [0.25, 0.3) is 0 Å². The molecular weight excluding hydrogens is 220 g/mol. The monoisotopic (exact) mass is 238 g/mol. The van der Waals surface area contributed by atoms with Gasteiger partial charge in [-0.3, -0.25) is 0 Å². The first kappa shape index (κ1) is 10.7. The predicted octanol–water partition coefficient (Wildman–Crippen LogP) is 1.99. The molecule has 3 rings (SSSR count). The van der Waals surface area contributed by atoms with Crippen LogP contribution in [0, 0.1) is 0 Å². The third-order valence-electron chi connectivity index (χ3n) is 3.63. The highest BCUT2D eigenvalue weighted by atomic mass is 32.1. The zero-order valence-corrected chi connectivity index (χ0v) is 10.3. The lowest BCUT2D eigenvalue weighted by Gasteiger charge is -2.24. The second-order valence-corrected chi connectivity index (χ2v) is 5.95. The third-order valence-corrected chi connectivity index (χ3v) is 5.00. The molecule has 0 aromatic carbocycles. The number of hydrogen-bond acceptors (Lipinski definition) is 4. The number of rotatable bonds is 1. The van der Waals surface area contributed by atoms with E-state index in [0.717, 1.165) is 43.9 Å². The van der Waals surface area contributed by atoms with E-state index in [4.69, 9.17) is 15.5 Å². The molecule has 1 unspecified atom stereocenters. The molecule has 3 nitrogen and oxygen atoms in total. The van der Waals surface area contributed by atoms with Gasteiger partial charge in [-0.2, -0.15) is 0 Å². The predicted molar refractivity (Wildman–Crippen MR) is 64.7 cm³/mol. The average Bonchev–Trinajstić information content (AvgIpc) is 2.77. The Morgan fingerprint density at radius 2 is 2.12 bits per heavy atom. The minimum absolute atomic E-state index is 0.217. The Labute approximate surface area is 100 Å². The molecule has 1 saturated heterocycles. The molecule has 2 N–H and O–H groups in total. The molecule has 16 heavy (non-hydrogen) atoms. The van der Waals surface area contributed by atoms with Crippen LogP contribution in [-0.4, -0.2) is 18.2 Å². The first-order valence-electron chi connectivity index (χ1n) is 6.14. The van der Waals surface area contributed by atoms with Gasteiger partial charge >= 0.3 is 0 Å². The molecule has 0 saturated carbocycles. The van der Waals surface area contributed by atoms with Gasteiger partial charge in [-0.05, 0) is 38.5 Å². The lowest BCUT2D eigenvalue weighted by Crippen LogP contribution is -2.36. The maximum atomic E-state index is 6.51. The van der Waals surface area contributed by atoms with Crippen LogP contribution < -0.4 is 5.73 Å². The van der Waals surface area contributed by atoms with Gasteiger partial charge in [0.1, 0.15) is 5.01 Å². The summed E-state index contributed by atoms with van der Waals surface area (Å²) in [6, 6.07) is 0. The summed E-state index contributed by atoms with van der Waals surface area (Å²) in [6.45, 7) is 1.63. The van der Waals surface area contributed by atoms with Crippen LogP contribution in [0.2, 0.25) is 0 Å². The second-order valence-electron chi connectivity index (χ2n) is 4.86. The summed E-state index contributed by atoms with van der Waals surface area (Å²) in [5, 5.41) is 1.16. The summed E-state index contributed by atoms with van der Waals surface area (Å²) < 4.78 is 5.49. The topological polar surface area (TPSA) is 48.1 Å². The zero-order chi connectivity index (χ0) is 11.0. The maximum absolute atomic E-state index is 6.51. The Bertz CT molecular complexity index is 359. The Morgan fingerprint density at radius 3 is 3.00 bits per heavy atom. The van der Waals surface area contributed by atoms with E-state index in [9.17, 15) is 0 Å². The third kappa shape index (κ3) is 1.79. The smallest absolute Gasteiger partial charge is 0.113 e. The van der Waals surface area contributed by atoms with Crippen molar-refractivity contribution < 1.29 is 4.74 Å². The van der Waals surface area contributed by atoms with Crippen LogP contribution in [0.1, 0.15) is 41.3 Å². The lowest BCUT2D eigenvalue weighted by atomic mass is 9.93. The molecule has 1 fully saturated rings. The van der Waals surface area contributed by atoms with E-state index in [2.05, 4.69) is 0 Å². The Hall–Kier alpha value is -0.450. The number of nitrogens with two attached hydrogens (primary N) is 1. The molecule has 88 valence electrons. The van der Waals surface area contributed by atoms with Crippen molar-refractivity contribution in [2.75, 3.05) is 13.2 Å². The molecule has 0 amide bonds. The summed E-state index contributed by atoms with van der Waals surface area (Å²) in [7, 11) is 0. The van der Waals surface area contributed by atoms with Gasteiger partial charge in [0.2, 0.25) is 0 Å². The molecule has 1 aliphatic carbocycles. The SMILES string of the molecule is NC1(c2nc3c(s2)CCC3)CCCOCC1. The normalized spacial score (nSPS) is 30.1. The summed E-state index contributed by atoms with van der Waals surface area (Å²) in [6.07, 6.45) is 6.62. The summed E-state index contributed by atoms with van der Waals surface area (Å²) in [4.78, 5) is 6.24. The van der Waals surface area contributed by atoms with Gasteiger partial charge in [-0.15, -0.1) is 11.3 Å². The molecular formula is C12H18N2OS. The van der Waals surface area contributed by atoms with Crippen LogP contribution >= 0.6 is 11.3 Å². The number of ether oxygens (including phenoxy) is 1. The second kappa shape index (κ2) is 4.09. The fourth-order valence-corrected chi connectivity index (χ4v) is 3.90. The lowest BCUT2D eigenvalue weighted by molar-refractivity contribution is 0.139. The number of nitrogens with zero attached hydrogens (tertiary/aromatic N) is 1. The van der Waals surface area contributed by atoms with Crippen molar-refractivity contribution in [3.8, 4) is 0 Å². The quantitative estimate of drug-likeness (QED) is 0.814. The summed E-state index contributed by atoms with van der Waals surface area (Å²) in [5.74, 6) is 0. The minimum atomic E-state index is -0.217. The molecule has 1 atom stereocenters. The van der Waals surface area contributed by atoms with Crippen LogP contribution in [-0.2, 0) is 23.1 Å². The first-order valence-corrected chi connectivity index (χ1v) is 6.95. The van der Waals surface area contributed by atoms with Crippen molar-refractivity contribution in [3.63, 3.8) is 0 Å². The van der Waals surface area contributed by atoms with Crippen molar-refractivity contribution >= 4 is 11.3 Å². The molecule has 2 aliphatic rings. The minimum Gasteiger partial charge on any atom is -0.381 e. The van der Waals surface area contributed by atoms with Crippen molar-refractivity contribution in [2.24, 2.45) is 5.73 Å². The van der Waals surface area contributed by atoms with Crippen LogP contribution in [0.15, 0.2) is 0 Å². The van der Waals surface area contributed by atoms with Crippen LogP contribution in [0.4, 0.5) is 0 Å². The molecule has 0 radical (unpaired) electrons. The van der Waals surface area contributed by atoms with Crippen LogP contribution in [0.5, 0.6) is 0 Å². The van der Waals surface area contributed by atoms with E-state index in [1.165, 1.54) is 23.4 Å². The standard InChI is InChI=1S/C12H18N2OS/c13-12(5-2-7-15-8-6-12)11-14-9-3-1-4-10(9)16-11/h1-8,13H2. The molecule has 1 aromatic heterocycles. The molecule has 1 aromatic rings. The summed E-state index contributed by atoms with van der Waals surface area (Å²) >= 11 is 1.84. The first-order chi connectivity index (χ1) is 7.78. The zero-order valence-electron chi connectivity index (χ0n) is 9.50. The highest BCUT2D eigenvalue weighted by Gasteiger charge is 2.33. The van der Waals surface area contributed by atoms with E-state index in [1.54, 1.807) is 0 Å². The number of aromatic nitrogens is 1. The van der Waals surface area contributed by atoms with Crippen molar-refractivity contribution in [1.29, 1.82) is 0 Å². The molecule has 2 heterocycles. The van der Waals surface area contributed by atoms with Crippen molar-refractivity contribution in [3.05, 3.63) is 15.6 Å². The Kier molecular flexibility index (Phi) is 2.73. The van der Waals surface area contributed by atoms with E-state index in [1.807, 2.05) is 11.3 Å². The molecule has 0 bridgehead atoms. The van der Waals surface area contributed by atoms with E-state index in [-0.39, 0.29) is 5.54 Å². The number of thiazole rings is 1. The van der Waals surface area contributed by atoms with Gasteiger partial charge in [0.15, 0.2) is 0 Å². The van der Waals surface area contributed by atoms with Crippen molar-refractivity contribution in [2.45, 2.75) is 44.1 Å². The molecule has 4 heteroatoms. The fourth-order valence-electron chi connectivity index (χ4n) is 2.59. The summed E-state index contributed by atoms with van der Waals surface area (Å²) in [5.41, 5.74) is 7.61. The fraction of sp³-hybridized carbons (Fsp3) is 0.750. The number of aryl methyl sites for hydroxylation is 2. The maximum Gasteiger partial charge on any atom is 0.113 e. The highest BCUT2D eigenvalue weighted by Crippen LogP contribution is 2.36. The van der Waals surface area contributed by atoms with Gasteiger partial charge in [0.05, 0.1) is 11.2 Å². The van der Waals surface area contributed by atoms with E-state index >= 15 is 0 Å². The van der Waals surface area contributed by atoms with Gasteiger partial charge in [0, 0.05) is 18.1 Å². The van der Waals surface area contributed by atoms with Gasteiger partial charge < -0.3 is 10.5 Å². The van der Waals surface area contributed by atoms with Gasteiger partial charge in [-0.1, -0.05) is 0 Å². The van der Waals surface area contributed by atoms with Gasteiger partial charge in [-0.25, -0.2) is 4.98 Å². The largest absolute Gasteiger partial charge is 0.381 e. The van der Waals surface area contributed by atoms with Crippen LogP contribution in [0.3, 0.4) is 0 Å². The highest BCUT2D eigenvalue weighted by molar-refractivity contribution is 7.12. The Balaban J connectivity index is 1.88. The number of fused-ring (bicyclic) bond motifs is 1. The average molecular weight is 238 g/mol. The Morgan fingerprint density at radius 1 is 1.19 bits per heavy atom.